The van der Waals surface area contributed by atoms with Crippen molar-refractivity contribution in [1.82, 2.24) is 10.3 Å². The lowest BCUT2D eigenvalue weighted by Gasteiger charge is -2.46. The minimum atomic E-state index is -0.0923. The lowest BCUT2D eigenvalue weighted by molar-refractivity contribution is -0.131. The van der Waals surface area contributed by atoms with Crippen molar-refractivity contribution in [2.24, 2.45) is 15.9 Å². The van der Waals surface area contributed by atoms with E-state index in [1.54, 1.807) is 18.1 Å². The van der Waals surface area contributed by atoms with E-state index in [4.69, 9.17) is 0 Å². The Balaban J connectivity index is 2.94. The predicted octanol–water partition coefficient (Wildman–Crippen LogP) is 3.16. The first kappa shape index (κ1) is 16.7. The van der Waals surface area contributed by atoms with E-state index in [0.717, 1.165) is 18.5 Å². The lowest BCUT2D eigenvalue weighted by atomic mass is 9.63. The van der Waals surface area contributed by atoms with Crippen LogP contribution in [0.15, 0.2) is 16.9 Å². The first-order valence-electron chi connectivity index (χ1n) is 7.26. The molecule has 0 atom stereocenters. The SMILES string of the molecule is C=NN(C(=O)/C=C(\C)NC)C1CC(C)(C)CC(C)(C)C1. The summed E-state index contributed by atoms with van der Waals surface area (Å²) in [6.07, 6.45) is 4.69. The van der Waals surface area contributed by atoms with Gasteiger partial charge in [-0.15, -0.1) is 0 Å². The summed E-state index contributed by atoms with van der Waals surface area (Å²) in [5.41, 5.74) is 1.27. The Bertz CT molecular complexity index is 394. The second-order valence-corrected chi connectivity index (χ2v) is 7.47. The molecule has 4 heteroatoms. The summed E-state index contributed by atoms with van der Waals surface area (Å²) < 4.78 is 0. The third kappa shape index (κ3) is 4.36. The van der Waals surface area contributed by atoms with E-state index in [9.17, 15) is 4.79 Å². The number of hydrazone groups is 1. The van der Waals surface area contributed by atoms with Crippen LogP contribution in [0.4, 0.5) is 0 Å². The number of hydrogen-bond acceptors (Lipinski definition) is 3. The summed E-state index contributed by atoms with van der Waals surface area (Å²) >= 11 is 0. The van der Waals surface area contributed by atoms with Gasteiger partial charge in [-0.05, 0) is 37.0 Å². The summed E-state index contributed by atoms with van der Waals surface area (Å²) in [6, 6.07) is 0.125. The van der Waals surface area contributed by atoms with Gasteiger partial charge in [0.15, 0.2) is 0 Å². The molecule has 0 aromatic rings. The van der Waals surface area contributed by atoms with Crippen molar-refractivity contribution in [2.75, 3.05) is 7.05 Å². The molecule has 0 aromatic carbocycles. The van der Waals surface area contributed by atoms with Gasteiger partial charge in [-0.1, -0.05) is 27.7 Å². The topological polar surface area (TPSA) is 44.7 Å². The molecule has 1 saturated carbocycles. The number of carbonyl (C=O) groups excluding carboxylic acids is 1. The van der Waals surface area contributed by atoms with Crippen molar-refractivity contribution in [3.05, 3.63) is 11.8 Å². The molecule has 4 nitrogen and oxygen atoms in total. The van der Waals surface area contributed by atoms with E-state index in [2.05, 4.69) is 44.8 Å². The van der Waals surface area contributed by atoms with Crippen LogP contribution >= 0.6 is 0 Å². The summed E-state index contributed by atoms with van der Waals surface area (Å²) in [5, 5.41) is 8.51. The summed E-state index contributed by atoms with van der Waals surface area (Å²) in [4.78, 5) is 12.3. The second kappa shape index (κ2) is 5.98. The highest BCUT2D eigenvalue weighted by Gasteiger charge is 2.41. The predicted molar refractivity (Wildman–Crippen MR) is 84.4 cm³/mol. The van der Waals surface area contributed by atoms with Gasteiger partial charge < -0.3 is 5.32 Å². The number of hydrogen-bond donors (Lipinski definition) is 1. The monoisotopic (exact) mass is 279 g/mol. The highest BCUT2D eigenvalue weighted by molar-refractivity contribution is 5.88. The van der Waals surface area contributed by atoms with Crippen molar-refractivity contribution in [1.29, 1.82) is 0 Å². The maximum atomic E-state index is 12.3. The smallest absolute Gasteiger partial charge is 0.268 e. The molecule has 1 aliphatic rings. The molecule has 0 bridgehead atoms. The number of rotatable bonds is 4. The van der Waals surface area contributed by atoms with E-state index in [1.165, 1.54) is 6.42 Å². The van der Waals surface area contributed by atoms with Gasteiger partial charge in [-0.2, -0.15) is 5.10 Å². The number of amides is 1. The Morgan fingerprint density at radius 1 is 1.30 bits per heavy atom. The van der Waals surface area contributed by atoms with Crippen LogP contribution in [0.25, 0.3) is 0 Å². The molecular weight excluding hydrogens is 250 g/mol. The van der Waals surface area contributed by atoms with Gasteiger partial charge in [0.05, 0.1) is 6.04 Å². The fourth-order valence-corrected chi connectivity index (χ4v) is 3.65. The zero-order valence-electron chi connectivity index (χ0n) is 13.8. The Kier molecular flexibility index (Phi) is 5.00. The van der Waals surface area contributed by atoms with Crippen LogP contribution in [0.3, 0.4) is 0 Å². The van der Waals surface area contributed by atoms with E-state index in [1.807, 2.05) is 6.92 Å². The molecule has 1 N–H and O–H groups in total. The molecule has 114 valence electrons. The van der Waals surface area contributed by atoms with Crippen LogP contribution < -0.4 is 5.32 Å². The van der Waals surface area contributed by atoms with Crippen LogP contribution in [-0.2, 0) is 4.79 Å². The average Bonchev–Trinajstić information content (AvgIpc) is 2.25. The van der Waals surface area contributed by atoms with Gasteiger partial charge in [0.1, 0.15) is 0 Å². The molecule has 1 fully saturated rings. The second-order valence-electron chi connectivity index (χ2n) is 7.47. The van der Waals surface area contributed by atoms with Crippen LogP contribution in [0, 0.1) is 10.8 Å². The quantitative estimate of drug-likeness (QED) is 0.488. The Hall–Kier alpha value is -1.32. The average molecular weight is 279 g/mol. The standard InChI is InChI=1S/C16H29N3O/c1-12(17-6)8-14(20)19(18-7)13-9-15(2,3)11-16(4,5)10-13/h8,13,17H,7,9-11H2,1-6H3/b12-8+. The van der Waals surface area contributed by atoms with Crippen molar-refractivity contribution in [3.63, 3.8) is 0 Å². The normalized spacial score (nSPS) is 22.2. The summed E-state index contributed by atoms with van der Waals surface area (Å²) in [5.74, 6) is -0.0923. The third-order valence-corrected chi connectivity index (χ3v) is 3.99. The molecule has 1 rings (SSSR count). The molecule has 0 spiro atoms. The van der Waals surface area contributed by atoms with Crippen molar-refractivity contribution in [3.8, 4) is 0 Å². The van der Waals surface area contributed by atoms with Gasteiger partial charge in [0.25, 0.3) is 5.91 Å². The molecule has 0 unspecified atom stereocenters. The van der Waals surface area contributed by atoms with Crippen molar-refractivity contribution < 1.29 is 4.79 Å². The maximum Gasteiger partial charge on any atom is 0.268 e. The minimum absolute atomic E-state index is 0.0923. The van der Waals surface area contributed by atoms with E-state index < -0.39 is 0 Å². The summed E-state index contributed by atoms with van der Waals surface area (Å²) in [6.45, 7) is 14.5. The number of allylic oxidation sites excluding steroid dienone is 1. The fraction of sp³-hybridized carbons (Fsp3) is 0.750. The largest absolute Gasteiger partial charge is 0.391 e. The van der Waals surface area contributed by atoms with Crippen LogP contribution in [-0.4, -0.2) is 30.7 Å². The Labute approximate surface area is 123 Å². The number of nitrogens with one attached hydrogen (secondary N) is 1. The lowest BCUT2D eigenvalue weighted by Crippen LogP contribution is -2.46. The molecule has 0 heterocycles. The highest BCUT2D eigenvalue weighted by atomic mass is 16.2. The third-order valence-electron chi connectivity index (χ3n) is 3.99. The van der Waals surface area contributed by atoms with E-state index >= 15 is 0 Å². The zero-order valence-corrected chi connectivity index (χ0v) is 13.8. The van der Waals surface area contributed by atoms with Gasteiger partial charge in [0.2, 0.25) is 0 Å². The molecular formula is C16H29N3O. The molecule has 0 radical (unpaired) electrons. The van der Waals surface area contributed by atoms with Crippen molar-refractivity contribution in [2.45, 2.75) is 59.9 Å². The van der Waals surface area contributed by atoms with Gasteiger partial charge in [-0.25, -0.2) is 5.01 Å². The van der Waals surface area contributed by atoms with Gasteiger partial charge in [0, 0.05) is 25.5 Å². The molecule has 1 aliphatic carbocycles. The van der Waals surface area contributed by atoms with Gasteiger partial charge in [-0.3, -0.25) is 4.79 Å². The number of nitrogens with zero attached hydrogens (tertiary/aromatic N) is 2. The fourth-order valence-electron chi connectivity index (χ4n) is 3.65. The highest BCUT2D eigenvalue weighted by Crippen LogP contribution is 2.47. The van der Waals surface area contributed by atoms with E-state index in [0.29, 0.717) is 0 Å². The molecule has 0 aromatic heterocycles. The molecule has 20 heavy (non-hydrogen) atoms. The first-order chi connectivity index (χ1) is 9.10. The van der Waals surface area contributed by atoms with Crippen LogP contribution in [0.2, 0.25) is 0 Å². The maximum absolute atomic E-state index is 12.3. The van der Waals surface area contributed by atoms with Crippen molar-refractivity contribution >= 4 is 12.6 Å². The molecule has 0 aliphatic heterocycles. The zero-order chi connectivity index (χ0) is 15.6. The Morgan fingerprint density at radius 3 is 2.20 bits per heavy atom. The van der Waals surface area contributed by atoms with Crippen LogP contribution in [0.1, 0.15) is 53.9 Å². The Morgan fingerprint density at radius 2 is 1.80 bits per heavy atom. The summed E-state index contributed by atoms with van der Waals surface area (Å²) in [7, 11) is 1.80. The molecule has 1 amide bonds. The minimum Gasteiger partial charge on any atom is -0.391 e. The van der Waals surface area contributed by atoms with Gasteiger partial charge >= 0.3 is 0 Å². The van der Waals surface area contributed by atoms with E-state index in [-0.39, 0.29) is 22.8 Å². The first-order valence-corrected chi connectivity index (χ1v) is 7.26. The number of carbonyl (C=O) groups is 1. The molecule has 0 saturated heterocycles. The van der Waals surface area contributed by atoms with Crippen LogP contribution in [0.5, 0.6) is 0 Å².